The Morgan fingerprint density at radius 3 is 2.36 bits per heavy atom. The Labute approximate surface area is 278 Å². The maximum Gasteiger partial charge on any atom is 2.00 e. The first-order valence-electron chi connectivity index (χ1n) is 15.1. The molecule has 0 fully saturated rings. The third kappa shape index (κ3) is 5.40. The molecular weight excluding hydrogens is 736 g/mol. The predicted octanol–water partition coefficient (Wildman–Crippen LogP) is 9.53. The third-order valence-corrected chi connectivity index (χ3v) is 8.37. The number of aryl methyl sites for hydroxylation is 5. The number of aromatic nitrogens is 4. The standard InChI is InChI=1S/C39H34N4O.Pt/c1-7-29-20-25(3)19-26(4)38(29)39-27(5)41-43(28(39)6)30-11-10-12-31(22-30)44-32-15-16-34-33-13-8-9-14-35(33)42(36(34)23-32)37-21-24(2)17-18-40-37;/h8-21H,7H2,1-6H3;/q-2;+2. The molecular formula is C39H34N4OPt. The Hall–Kier alpha value is -4.47. The normalized spacial score (nSPS) is 11.2. The Kier molecular flexibility index (Phi) is 8.24. The summed E-state index contributed by atoms with van der Waals surface area (Å²) in [7, 11) is 0. The van der Waals surface area contributed by atoms with Crippen molar-refractivity contribution in [3.63, 3.8) is 0 Å². The summed E-state index contributed by atoms with van der Waals surface area (Å²) in [6.45, 7) is 12.9. The molecule has 226 valence electrons. The van der Waals surface area contributed by atoms with E-state index >= 15 is 0 Å². The molecule has 0 saturated carbocycles. The number of pyridine rings is 1. The quantitative estimate of drug-likeness (QED) is 0.158. The van der Waals surface area contributed by atoms with Gasteiger partial charge in [0.2, 0.25) is 0 Å². The number of hydrogen-bond donors (Lipinski definition) is 0. The number of nitrogens with zero attached hydrogens (tertiary/aromatic N) is 4. The number of fused-ring (bicyclic) bond motifs is 3. The molecule has 0 aliphatic rings. The molecule has 0 N–H and O–H groups in total. The van der Waals surface area contributed by atoms with Crippen molar-refractivity contribution in [2.45, 2.75) is 48.0 Å². The van der Waals surface area contributed by atoms with Gasteiger partial charge in [0.1, 0.15) is 5.82 Å². The van der Waals surface area contributed by atoms with Crippen molar-refractivity contribution < 1.29 is 25.8 Å². The summed E-state index contributed by atoms with van der Waals surface area (Å²) in [5, 5.41) is 7.22. The summed E-state index contributed by atoms with van der Waals surface area (Å²) in [6.07, 6.45) is 2.82. The van der Waals surface area contributed by atoms with E-state index in [9.17, 15) is 0 Å². The Morgan fingerprint density at radius 2 is 1.56 bits per heavy atom. The second-order valence-corrected chi connectivity index (χ2v) is 11.6. The van der Waals surface area contributed by atoms with Crippen LogP contribution in [-0.4, -0.2) is 19.3 Å². The van der Waals surface area contributed by atoms with Gasteiger partial charge in [-0.15, -0.1) is 35.7 Å². The van der Waals surface area contributed by atoms with Gasteiger partial charge in [-0.3, -0.25) is 4.68 Å². The summed E-state index contributed by atoms with van der Waals surface area (Å²) >= 11 is 0. The molecule has 7 aromatic rings. The average Bonchev–Trinajstić information content (AvgIpc) is 3.49. The fourth-order valence-corrected chi connectivity index (χ4v) is 6.48. The van der Waals surface area contributed by atoms with Crippen LogP contribution in [0.25, 0.3) is 44.4 Å². The zero-order chi connectivity index (χ0) is 30.5. The topological polar surface area (TPSA) is 44.9 Å². The number of hydrogen-bond acceptors (Lipinski definition) is 3. The molecule has 3 heterocycles. The van der Waals surface area contributed by atoms with Crippen molar-refractivity contribution in [2.24, 2.45) is 0 Å². The summed E-state index contributed by atoms with van der Waals surface area (Å²) in [5.41, 5.74) is 12.4. The van der Waals surface area contributed by atoms with Gasteiger partial charge in [0.05, 0.1) is 5.69 Å². The van der Waals surface area contributed by atoms with Crippen LogP contribution in [0.4, 0.5) is 0 Å². The van der Waals surface area contributed by atoms with Gasteiger partial charge in [-0.25, -0.2) is 4.98 Å². The molecule has 3 aromatic heterocycles. The molecule has 7 rings (SSSR count). The van der Waals surface area contributed by atoms with Crippen LogP contribution in [0, 0.1) is 46.8 Å². The first-order chi connectivity index (χ1) is 21.3. The van der Waals surface area contributed by atoms with Gasteiger partial charge in [-0.05, 0) is 92.6 Å². The van der Waals surface area contributed by atoms with Crippen LogP contribution in [0.2, 0.25) is 0 Å². The smallest absolute Gasteiger partial charge is 0.509 e. The minimum Gasteiger partial charge on any atom is -0.509 e. The molecule has 0 bridgehead atoms. The van der Waals surface area contributed by atoms with Gasteiger partial charge < -0.3 is 9.30 Å². The first kappa shape index (κ1) is 30.6. The molecule has 5 nitrogen and oxygen atoms in total. The maximum absolute atomic E-state index is 6.40. The van der Waals surface area contributed by atoms with Crippen LogP contribution in [-0.2, 0) is 27.5 Å². The van der Waals surface area contributed by atoms with Crippen molar-refractivity contribution in [1.82, 2.24) is 19.3 Å². The molecule has 0 aliphatic heterocycles. The minimum atomic E-state index is 0. The van der Waals surface area contributed by atoms with E-state index in [2.05, 4.69) is 112 Å². The second-order valence-electron chi connectivity index (χ2n) is 11.6. The Bertz CT molecular complexity index is 2210. The molecule has 0 spiro atoms. The molecule has 45 heavy (non-hydrogen) atoms. The molecule has 0 radical (unpaired) electrons. The molecule has 0 aliphatic carbocycles. The van der Waals surface area contributed by atoms with Gasteiger partial charge in [-0.2, -0.15) is 17.2 Å². The van der Waals surface area contributed by atoms with E-state index < -0.39 is 0 Å². The van der Waals surface area contributed by atoms with Crippen LogP contribution in [0.5, 0.6) is 11.5 Å². The fourth-order valence-electron chi connectivity index (χ4n) is 6.48. The van der Waals surface area contributed by atoms with Gasteiger partial charge >= 0.3 is 21.1 Å². The zero-order valence-electron chi connectivity index (χ0n) is 26.3. The van der Waals surface area contributed by atoms with Gasteiger partial charge in [0.15, 0.2) is 0 Å². The van der Waals surface area contributed by atoms with E-state index in [0.717, 1.165) is 56.7 Å². The second kappa shape index (κ2) is 12.1. The van der Waals surface area contributed by atoms with Crippen molar-refractivity contribution in [1.29, 1.82) is 0 Å². The van der Waals surface area contributed by atoms with E-state index in [4.69, 9.17) is 9.84 Å². The summed E-state index contributed by atoms with van der Waals surface area (Å²) in [4.78, 5) is 4.69. The first-order valence-corrected chi connectivity index (χ1v) is 15.1. The average molecular weight is 770 g/mol. The van der Waals surface area contributed by atoms with E-state index in [0.29, 0.717) is 11.5 Å². The summed E-state index contributed by atoms with van der Waals surface area (Å²) in [6, 6.07) is 34.0. The number of benzene rings is 4. The van der Waals surface area contributed by atoms with Gasteiger partial charge in [-0.1, -0.05) is 48.3 Å². The van der Waals surface area contributed by atoms with E-state index in [1.165, 1.54) is 27.8 Å². The molecule has 0 unspecified atom stereocenters. The van der Waals surface area contributed by atoms with Gasteiger partial charge in [0, 0.05) is 34.5 Å². The van der Waals surface area contributed by atoms with Crippen LogP contribution >= 0.6 is 0 Å². The van der Waals surface area contributed by atoms with Crippen LogP contribution in [0.15, 0.2) is 85.1 Å². The van der Waals surface area contributed by atoms with E-state index in [-0.39, 0.29) is 21.1 Å². The molecule has 0 atom stereocenters. The van der Waals surface area contributed by atoms with Crippen molar-refractivity contribution in [3.8, 4) is 34.1 Å². The molecule has 0 saturated heterocycles. The van der Waals surface area contributed by atoms with Crippen molar-refractivity contribution >= 4 is 21.8 Å². The maximum atomic E-state index is 6.40. The molecule has 6 heteroatoms. The van der Waals surface area contributed by atoms with Gasteiger partial charge in [0.25, 0.3) is 0 Å². The number of rotatable bonds is 6. The van der Waals surface area contributed by atoms with Crippen LogP contribution in [0.1, 0.15) is 40.6 Å². The Balaban J connectivity index is 0.00000357. The monoisotopic (exact) mass is 769 g/mol. The van der Waals surface area contributed by atoms with Crippen LogP contribution in [0.3, 0.4) is 0 Å². The zero-order valence-corrected chi connectivity index (χ0v) is 28.6. The minimum absolute atomic E-state index is 0. The van der Waals surface area contributed by atoms with Crippen molar-refractivity contribution in [2.75, 3.05) is 0 Å². The van der Waals surface area contributed by atoms with E-state index in [1.54, 1.807) is 0 Å². The SMILES string of the molecule is CCc1cc(C)cc(C)c1-c1c(C)nn(-c2[c-]c(Oc3[c-]c4c(cc3)c3ccccc3n4-c3cc(C)ccn3)ccc2)c1C.[Pt+2]. The Morgan fingerprint density at radius 1 is 0.756 bits per heavy atom. The van der Waals surface area contributed by atoms with E-state index in [1.807, 2.05) is 41.2 Å². The molecule has 4 aromatic carbocycles. The number of para-hydroxylation sites is 1. The number of ether oxygens (including phenoxy) is 1. The fraction of sp³-hybridized carbons (Fsp3) is 0.179. The third-order valence-electron chi connectivity index (χ3n) is 8.37. The largest absolute Gasteiger partial charge is 2.00 e. The molecule has 0 amide bonds. The predicted molar refractivity (Wildman–Crippen MR) is 178 cm³/mol. The van der Waals surface area contributed by atoms with Crippen LogP contribution < -0.4 is 4.74 Å². The summed E-state index contributed by atoms with van der Waals surface area (Å²) in [5.74, 6) is 2.07. The van der Waals surface area contributed by atoms with Crippen molar-refractivity contribution in [3.05, 3.63) is 131 Å². The summed E-state index contributed by atoms with van der Waals surface area (Å²) < 4.78 is 10.5.